The van der Waals surface area contributed by atoms with Crippen LogP contribution in [-0.2, 0) is 4.79 Å². The van der Waals surface area contributed by atoms with E-state index in [9.17, 15) is 4.79 Å². The molecule has 0 unspecified atom stereocenters. The molecule has 0 aliphatic carbocycles. The highest BCUT2D eigenvalue weighted by molar-refractivity contribution is 6.37. The van der Waals surface area contributed by atoms with Crippen molar-refractivity contribution in [3.8, 4) is 5.75 Å². The third-order valence-electron chi connectivity index (χ3n) is 2.15. The van der Waals surface area contributed by atoms with Crippen molar-refractivity contribution in [2.75, 3.05) is 14.1 Å². The lowest BCUT2D eigenvalue weighted by molar-refractivity contribution is -0.120. The predicted octanol–water partition coefficient (Wildman–Crippen LogP) is 3.41. The minimum Gasteiger partial charge on any atom is -0.479 e. The number of para-hydroxylation sites is 1. The number of halogens is 2. The Morgan fingerprint density at radius 3 is 2.39 bits per heavy atom. The number of hydrogen-bond acceptors (Lipinski definition) is 3. The molecule has 1 atom stereocenters. The minimum atomic E-state index is -0.640. The second-order valence-corrected chi connectivity index (χ2v) is 4.81. The zero-order valence-corrected chi connectivity index (χ0v) is 12.0. The van der Waals surface area contributed by atoms with Gasteiger partial charge in [-0.15, -0.1) is 0 Å². The Hall–Kier alpha value is -1.19. The summed E-state index contributed by atoms with van der Waals surface area (Å²) in [6.45, 7) is 1.65. The SMILES string of the molecule is C[C@H](Oc1c(Cl)cccc1Cl)C(=O)/C=C/N(C)C. The number of carbonyl (C=O) groups is 1. The first-order chi connectivity index (χ1) is 8.41. The highest BCUT2D eigenvalue weighted by Crippen LogP contribution is 2.33. The molecule has 0 amide bonds. The highest BCUT2D eigenvalue weighted by atomic mass is 35.5. The largest absolute Gasteiger partial charge is 0.479 e. The maximum absolute atomic E-state index is 11.7. The van der Waals surface area contributed by atoms with Crippen molar-refractivity contribution in [3.63, 3.8) is 0 Å². The van der Waals surface area contributed by atoms with Gasteiger partial charge in [-0.05, 0) is 19.1 Å². The molecule has 1 rings (SSSR count). The fraction of sp³-hybridized carbons (Fsp3) is 0.308. The molecular weight excluding hydrogens is 273 g/mol. The van der Waals surface area contributed by atoms with E-state index in [-0.39, 0.29) is 5.78 Å². The van der Waals surface area contributed by atoms with E-state index in [0.717, 1.165) is 0 Å². The first kappa shape index (κ1) is 14.9. The van der Waals surface area contributed by atoms with Gasteiger partial charge < -0.3 is 9.64 Å². The predicted molar refractivity (Wildman–Crippen MR) is 74.4 cm³/mol. The van der Waals surface area contributed by atoms with Crippen LogP contribution in [0, 0.1) is 0 Å². The third kappa shape index (κ3) is 4.24. The molecule has 1 aromatic rings. The van der Waals surface area contributed by atoms with Crippen LogP contribution in [0.3, 0.4) is 0 Å². The minimum absolute atomic E-state index is 0.153. The molecule has 0 heterocycles. The van der Waals surface area contributed by atoms with E-state index in [1.54, 1.807) is 36.2 Å². The molecule has 1 aromatic carbocycles. The Labute approximate surface area is 117 Å². The van der Waals surface area contributed by atoms with Gasteiger partial charge in [-0.25, -0.2) is 0 Å². The van der Waals surface area contributed by atoms with Crippen LogP contribution in [0.1, 0.15) is 6.92 Å². The number of ketones is 1. The molecule has 0 aliphatic heterocycles. The first-order valence-corrected chi connectivity index (χ1v) is 6.16. The van der Waals surface area contributed by atoms with Gasteiger partial charge in [0.15, 0.2) is 17.6 Å². The van der Waals surface area contributed by atoms with Gasteiger partial charge in [0.05, 0.1) is 10.0 Å². The molecule has 0 spiro atoms. The lowest BCUT2D eigenvalue weighted by atomic mass is 10.2. The van der Waals surface area contributed by atoms with Crippen molar-refractivity contribution in [2.24, 2.45) is 0 Å². The Morgan fingerprint density at radius 1 is 1.33 bits per heavy atom. The molecule has 5 heteroatoms. The summed E-state index contributed by atoms with van der Waals surface area (Å²) < 4.78 is 5.49. The van der Waals surface area contributed by atoms with E-state index in [2.05, 4.69) is 0 Å². The molecule has 0 bridgehead atoms. The fourth-order valence-corrected chi connectivity index (χ4v) is 1.67. The summed E-state index contributed by atoms with van der Waals surface area (Å²) in [5.41, 5.74) is 0. The molecule has 0 saturated heterocycles. The van der Waals surface area contributed by atoms with Gasteiger partial charge in [0.2, 0.25) is 0 Å². The van der Waals surface area contributed by atoms with Crippen LogP contribution in [0.2, 0.25) is 10.0 Å². The highest BCUT2D eigenvalue weighted by Gasteiger charge is 2.15. The summed E-state index contributed by atoms with van der Waals surface area (Å²) in [4.78, 5) is 13.5. The molecule has 18 heavy (non-hydrogen) atoms. The van der Waals surface area contributed by atoms with Gasteiger partial charge in [-0.2, -0.15) is 0 Å². The molecule has 3 nitrogen and oxygen atoms in total. The summed E-state index contributed by atoms with van der Waals surface area (Å²) in [5, 5.41) is 0.775. The van der Waals surface area contributed by atoms with Crippen molar-refractivity contribution >= 4 is 29.0 Å². The zero-order chi connectivity index (χ0) is 13.7. The number of carbonyl (C=O) groups excluding carboxylic acids is 1. The molecular formula is C13H15Cl2NO2. The molecule has 0 fully saturated rings. The average Bonchev–Trinajstić information content (AvgIpc) is 2.30. The molecule has 0 aliphatic rings. The van der Waals surface area contributed by atoms with Crippen LogP contribution < -0.4 is 4.74 Å². The zero-order valence-electron chi connectivity index (χ0n) is 10.5. The normalized spacial score (nSPS) is 12.5. The van der Waals surface area contributed by atoms with E-state index < -0.39 is 6.10 Å². The van der Waals surface area contributed by atoms with Gasteiger partial charge in [0, 0.05) is 26.4 Å². The van der Waals surface area contributed by atoms with Crippen LogP contribution in [-0.4, -0.2) is 30.9 Å². The molecule has 0 radical (unpaired) electrons. The quantitative estimate of drug-likeness (QED) is 0.778. The van der Waals surface area contributed by atoms with Crippen molar-refractivity contribution in [3.05, 3.63) is 40.5 Å². The number of ether oxygens (including phenoxy) is 1. The van der Waals surface area contributed by atoms with E-state index in [0.29, 0.717) is 15.8 Å². The van der Waals surface area contributed by atoms with Crippen LogP contribution >= 0.6 is 23.2 Å². The summed E-state index contributed by atoms with van der Waals surface area (Å²) in [7, 11) is 3.67. The Kier molecular flexibility index (Phi) is 5.51. The second-order valence-electron chi connectivity index (χ2n) is 3.99. The smallest absolute Gasteiger partial charge is 0.197 e. The summed E-state index contributed by atoms with van der Waals surface area (Å²) >= 11 is 11.9. The van der Waals surface area contributed by atoms with Crippen LogP contribution in [0.4, 0.5) is 0 Å². The topological polar surface area (TPSA) is 29.5 Å². The Balaban J connectivity index is 2.76. The van der Waals surface area contributed by atoms with Gasteiger partial charge in [-0.3, -0.25) is 4.79 Å². The van der Waals surface area contributed by atoms with E-state index in [4.69, 9.17) is 27.9 Å². The average molecular weight is 288 g/mol. The van der Waals surface area contributed by atoms with Crippen molar-refractivity contribution in [1.82, 2.24) is 4.90 Å². The lowest BCUT2D eigenvalue weighted by Gasteiger charge is -2.14. The molecule has 0 N–H and O–H groups in total. The number of nitrogens with zero attached hydrogens (tertiary/aromatic N) is 1. The molecule has 0 aromatic heterocycles. The maximum Gasteiger partial charge on any atom is 0.197 e. The molecule has 98 valence electrons. The maximum atomic E-state index is 11.7. The van der Waals surface area contributed by atoms with Gasteiger partial charge in [-0.1, -0.05) is 29.3 Å². The summed E-state index contributed by atoms with van der Waals surface area (Å²) in [5.74, 6) is 0.180. The number of hydrogen-bond donors (Lipinski definition) is 0. The standard InChI is InChI=1S/C13H15Cl2NO2/c1-9(12(17)7-8-16(2)3)18-13-10(14)5-4-6-11(13)15/h4-9H,1-3H3/b8-7+/t9-/m0/s1. The van der Waals surface area contributed by atoms with E-state index in [1.165, 1.54) is 6.08 Å². The van der Waals surface area contributed by atoms with Gasteiger partial charge in [0.25, 0.3) is 0 Å². The van der Waals surface area contributed by atoms with Crippen LogP contribution in [0.5, 0.6) is 5.75 Å². The second kappa shape index (κ2) is 6.66. The Morgan fingerprint density at radius 2 is 1.89 bits per heavy atom. The Bertz CT molecular complexity index is 438. The monoisotopic (exact) mass is 287 g/mol. The van der Waals surface area contributed by atoms with E-state index in [1.807, 2.05) is 14.1 Å². The summed E-state index contributed by atoms with van der Waals surface area (Å²) in [6.07, 6.45) is 2.48. The number of benzene rings is 1. The van der Waals surface area contributed by atoms with Gasteiger partial charge >= 0.3 is 0 Å². The fourth-order valence-electron chi connectivity index (χ4n) is 1.19. The van der Waals surface area contributed by atoms with E-state index >= 15 is 0 Å². The van der Waals surface area contributed by atoms with Crippen molar-refractivity contribution in [1.29, 1.82) is 0 Å². The lowest BCUT2D eigenvalue weighted by Crippen LogP contribution is -2.22. The summed E-state index contributed by atoms with van der Waals surface area (Å²) in [6, 6.07) is 5.04. The number of rotatable bonds is 5. The van der Waals surface area contributed by atoms with Gasteiger partial charge in [0.1, 0.15) is 0 Å². The molecule has 0 saturated carbocycles. The van der Waals surface area contributed by atoms with Crippen molar-refractivity contribution < 1.29 is 9.53 Å². The third-order valence-corrected chi connectivity index (χ3v) is 2.75. The van der Waals surface area contributed by atoms with Crippen molar-refractivity contribution in [2.45, 2.75) is 13.0 Å². The van der Waals surface area contributed by atoms with Crippen LogP contribution in [0.15, 0.2) is 30.5 Å². The first-order valence-electron chi connectivity index (χ1n) is 5.41. The van der Waals surface area contributed by atoms with Crippen LogP contribution in [0.25, 0.3) is 0 Å².